The molecule has 1 aromatic rings. The van der Waals surface area contributed by atoms with Crippen LogP contribution in [-0.4, -0.2) is 33.6 Å². The van der Waals surface area contributed by atoms with Crippen LogP contribution in [0.25, 0.3) is 0 Å². The van der Waals surface area contributed by atoms with Crippen LogP contribution in [0.15, 0.2) is 29.2 Å². The summed E-state index contributed by atoms with van der Waals surface area (Å²) in [6, 6.07) is 5.98. The second-order valence-corrected chi connectivity index (χ2v) is 5.78. The summed E-state index contributed by atoms with van der Waals surface area (Å²) in [5, 5.41) is 2.57. The summed E-state index contributed by atoms with van der Waals surface area (Å²) >= 11 is 0. The monoisotopic (exact) mass is 270 g/mol. The van der Waals surface area contributed by atoms with Crippen molar-refractivity contribution in [1.29, 1.82) is 0 Å². The van der Waals surface area contributed by atoms with Crippen molar-refractivity contribution in [2.45, 2.75) is 17.9 Å². The van der Waals surface area contributed by atoms with Crippen LogP contribution in [0.2, 0.25) is 0 Å². The van der Waals surface area contributed by atoms with Gasteiger partial charge in [0, 0.05) is 19.2 Å². The molecule has 1 aliphatic rings. The molecule has 7 heteroatoms. The van der Waals surface area contributed by atoms with Gasteiger partial charge in [-0.05, 0) is 24.3 Å². The molecule has 98 valence electrons. The van der Waals surface area contributed by atoms with Crippen LogP contribution < -0.4 is 10.0 Å². The van der Waals surface area contributed by atoms with Gasteiger partial charge in [-0.15, -0.1) is 0 Å². The van der Waals surface area contributed by atoms with E-state index in [1.165, 1.54) is 19.1 Å². The fraction of sp³-hybridized carbons (Fsp3) is 0.364. The third-order valence-corrected chi connectivity index (χ3v) is 3.83. The molecule has 1 aliphatic heterocycles. The summed E-state index contributed by atoms with van der Waals surface area (Å²) in [4.78, 5) is 11.0. The lowest BCUT2D eigenvalue weighted by molar-refractivity contribution is -0.114. The largest absolute Gasteiger partial charge is 0.372 e. The Morgan fingerprint density at radius 3 is 2.50 bits per heavy atom. The molecular formula is C11H14N2O4S. The predicted molar refractivity (Wildman–Crippen MR) is 65.7 cm³/mol. The normalized spacial score (nSPS) is 18.4. The number of rotatable bonds is 5. The first kappa shape index (κ1) is 13.0. The zero-order valence-electron chi connectivity index (χ0n) is 9.84. The molecular weight excluding hydrogens is 256 g/mol. The second kappa shape index (κ2) is 5.05. The van der Waals surface area contributed by atoms with Crippen LogP contribution in [0.1, 0.15) is 6.92 Å². The molecule has 1 unspecified atom stereocenters. The lowest BCUT2D eigenvalue weighted by Crippen LogP contribution is -2.27. The number of epoxide rings is 1. The molecule has 0 radical (unpaired) electrons. The minimum Gasteiger partial charge on any atom is -0.372 e. The van der Waals surface area contributed by atoms with Crippen molar-refractivity contribution in [2.75, 3.05) is 18.5 Å². The maximum Gasteiger partial charge on any atom is 0.240 e. The molecule has 1 atom stereocenters. The van der Waals surface area contributed by atoms with Gasteiger partial charge in [-0.25, -0.2) is 13.1 Å². The summed E-state index contributed by atoms with van der Waals surface area (Å²) in [5.74, 6) is -0.199. The molecule has 0 bridgehead atoms. The molecule has 1 aromatic carbocycles. The predicted octanol–water partition coefficient (Wildman–Crippen LogP) is 0.322. The van der Waals surface area contributed by atoms with Crippen molar-refractivity contribution in [2.24, 2.45) is 0 Å². The molecule has 18 heavy (non-hydrogen) atoms. The Balaban J connectivity index is 2.04. The average Bonchev–Trinajstić information content (AvgIpc) is 3.10. The van der Waals surface area contributed by atoms with Crippen LogP contribution in [0, 0.1) is 0 Å². The van der Waals surface area contributed by atoms with E-state index in [1.807, 2.05) is 0 Å². The summed E-state index contributed by atoms with van der Waals surface area (Å²) in [7, 11) is -3.50. The fourth-order valence-corrected chi connectivity index (χ4v) is 2.46. The van der Waals surface area contributed by atoms with Crippen molar-refractivity contribution in [1.82, 2.24) is 4.72 Å². The van der Waals surface area contributed by atoms with E-state index in [1.54, 1.807) is 12.1 Å². The molecule has 2 N–H and O–H groups in total. The van der Waals surface area contributed by atoms with Gasteiger partial charge in [-0.3, -0.25) is 4.79 Å². The number of anilines is 1. The van der Waals surface area contributed by atoms with Crippen molar-refractivity contribution >= 4 is 21.6 Å². The van der Waals surface area contributed by atoms with E-state index < -0.39 is 10.0 Å². The van der Waals surface area contributed by atoms with Crippen molar-refractivity contribution in [3.63, 3.8) is 0 Å². The molecule has 0 aromatic heterocycles. The molecule has 0 aliphatic carbocycles. The molecule has 1 saturated heterocycles. The van der Waals surface area contributed by atoms with Gasteiger partial charge in [0.25, 0.3) is 0 Å². The molecule has 0 saturated carbocycles. The summed E-state index contributed by atoms with van der Waals surface area (Å²) < 4.78 is 31.1. The highest BCUT2D eigenvalue weighted by molar-refractivity contribution is 7.89. The van der Waals surface area contributed by atoms with E-state index in [2.05, 4.69) is 10.0 Å². The third-order valence-electron chi connectivity index (χ3n) is 2.39. The Hall–Kier alpha value is -1.44. The number of sulfonamides is 1. The fourth-order valence-electron chi connectivity index (χ4n) is 1.39. The molecule has 0 spiro atoms. The molecule has 2 rings (SSSR count). The molecule has 6 nitrogen and oxygen atoms in total. The molecule has 1 fully saturated rings. The molecule has 1 amide bonds. The standard InChI is InChI=1S/C11H14N2O4S/c1-8(14)13-9-2-4-11(5-3-9)18(15,16)12-6-10-7-17-10/h2-5,10,12H,6-7H2,1H3,(H,13,14). The topological polar surface area (TPSA) is 87.8 Å². The second-order valence-electron chi connectivity index (χ2n) is 4.01. The number of carbonyl (C=O) groups is 1. The average molecular weight is 270 g/mol. The van der Waals surface area contributed by atoms with Gasteiger partial charge >= 0.3 is 0 Å². The van der Waals surface area contributed by atoms with E-state index in [9.17, 15) is 13.2 Å². The quantitative estimate of drug-likeness (QED) is 0.754. The van der Waals surface area contributed by atoms with Gasteiger partial charge in [-0.1, -0.05) is 0 Å². The third kappa shape index (κ3) is 3.52. The van der Waals surface area contributed by atoms with E-state index in [-0.39, 0.29) is 23.5 Å². The van der Waals surface area contributed by atoms with Crippen LogP contribution in [0.3, 0.4) is 0 Å². The lowest BCUT2D eigenvalue weighted by Gasteiger charge is -2.06. The minimum absolute atomic E-state index is 0.00146. The number of benzene rings is 1. The van der Waals surface area contributed by atoms with Crippen LogP contribution in [0.5, 0.6) is 0 Å². The smallest absolute Gasteiger partial charge is 0.240 e. The Morgan fingerprint density at radius 1 is 1.39 bits per heavy atom. The van der Waals surface area contributed by atoms with Crippen LogP contribution in [0.4, 0.5) is 5.69 Å². The Morgan fingerprint density at radius 2 is 2.00 bits per heavy atom. The zero-order chi connectivity index (χ0) is 13.2. The number of carbonyl (C=O) groups excluding carboxylic acids is 1. The summed E-state index contributed by atoms with van der Waals surface area (Å²) in [6.45, 7) is 2.28. The highest BCUT2D eigenvalue weighted by Gasteiger charge is 2.25. The Kier molecular flexibility index (Phi) is 3.65. The maximum absolute atomic E-state index is 11.8. The van der Waals surface area contributed by atoms with E-state index in [4.69, 9.17) is 4.74 Å². The van der Waals surface area contributed by atoms with Crippen molar-refractivity contribution < 1.29 is 17.9 Å². The number of hydrogen-bond acceptors (Lipinski definition) is 4. The Labute approximate surface area is 105 Å². The van der Waals surface area contributed by atoms with E-state index in [0.29, 0.717) is 12.3 Å². The van der Waals surface area contributed by atoms with Crippen molar-refractivity contribution in [3.05, 3.63) is 24.3 Å². The van der Waals surface area contributed by atoms with E-state index >= 15 is 0 Å². The van der Waals surface area contributed by atoms with Gasteiger partial charge < -0.3 is 10.1 Å². The zero-order valence-corrected chi connectivity index (χ0v) is 10.7. The SMILES string of the molecule is CC(=O)Nc1ccc(S(=O)(=O)NCC2CO2)cc1. The summed E-state index contributed by atoms with van der Waals surface area (Å²) in [6.07, 6.45) is -0.00146. The first-order valence-corrected chi connectivity index (χ1v) is 6.94. The number of nitrogens with one attached hydrogen (secondary N) is 2. The lowest BCUT2D eigenvalue weighted by atomic mass is 10.3. The van der Waals surface area contributed by atoms with Crippen molar-refractivity contribution in [3.8, 4) is 0 Å². The highest BCUT2D eigenvalue weighted by atomic mass is 32.2. The van der Waals surface area contributed by atoms with Gasteiger partial charge in [0.15, 0.2) is 0 Å². The summed E-state index contributed by atoms with van der Waals surface area (Å²) in [5.41, 5.74) is 0.562. The maximum atomic E-state index is 11.8. The first-order valence-electron chi connectivity index (χ1n) is 5.46. The number of amides is 1. The highest BCUT2D eigenvalue weighted by Crippen LogP contribution is 2.15. The van der Waals surface area contributed by atoms with Gasteiger partial charge in [0.2, 0.25) is 15.9 Å². The van der Waals surface area contributed by atoms with Crippen LogP contribution >= 0.6 is 0 Å². The number of ether oxygens (including phenoxy) is 1. The molecule has 1 heterocycles. The number of hydrogen-bond donors (Lipinski definition) is 2. The first-order chi connectivity index (χ1) is 8.47. The minimum atomic E-state index is -3.50. The van der Waals surface area contributed by atoms with E-state index in [0.717, 1.165) is 0 Å². The van der Waals surface area contributed by atoms with Gasteiger partial charge in [0.1, 0.15) is 0 Å². The van der Waals surface area contributed by atoms with Gasteiger partial charge in [-0.2, -0.15) is 0 Å². The Bertz CT molecular complexity index is 535. The van der Waals surface area contributed by atoms with Gasteiger partial charge in [0.05, 0.1) is 17.6 Å². The van der Waals surface area contributed by atoms with Crippen LogP contribution in [-0.2, 0) is 19.6 Å².